The van der Waals surface area contributed by atoms with Gasteiger partial charge in [0.15, 0.2) is 11.9 Å². The molecule has 2 heterocycles. The van der Waals surface area contributed by atoms with Gasteiger partial charge in [0, 0.05) is 13.1 Å². The van der Waals surface area contributed by atoms with Gasteiger partial charge in [0.2, 0.25) is 0 Å². The van der Waals surface area contributed by atoms with Crippen molar-refractivity contribution in [3.63, 3.8) is 0 Å². The number of ether oxygens (including phenoxy) is 1. The first-order chi connectivity index (χ1) is 16.0. The number of benzene rings is 2. The zero-order chi connectivity index (χ0) is 23.4. The highest BCUT2D eigenvalue weighted by Crippen LogP contribution is 2.38. The van der Waals surface area contributed by atoms with Gasteiger partial charge in [-0.1, -0.05) is 42.8 Å². The molecule has 4 rings (SSSR count). The van der Waals surface area contributed by atoms with Crippen molar-refractivity contribution in [1.82, 2.24) is 10.2 Å². The fourth-order valence-corrected chi connectivity index (χ4v) is 4.28. The summed E-state index contributed by atoms with van der Waals surface area (Å²) in [6.07, 6.45) is 2.51. The molecule has 2 aromatic carbocycles. The molecule has 0 saturated heterocycles. The first-order valence-electron chi connectivity index (χ1n) is 11.5. The van der Waals surface area contributed by atoms with Crippen LogP contribution < -0.4 is 10.1 Å². The normalized spacial score (nSPS) is 16.1. The lowest BCUT2D eigenvalue weighted by atomic mass is 9.87. The summed E-state index contributed by atoms with van der Waals surface area (Å²) >= 11 is 0. The molecule has 1 aliphatic heterocycles. The standard InChI is InChI=1S/C27H30N2O4/c1-4-13-28-26(30)19(3)33-22-11-10-20-12-14-29(27(31)24-9-6-15-32-24)25(23(20)17-22)21-8-5-7-18(2)16-21/h5-11,15-17,19,25H,4,12-14H2,1-3H3,(H,28,30)/t19-,25-/m1/s1. The topological polar surface area (TPSA) is 71.8 Å². The van der Waals surface area contributed by atoms with E-state index in [1.807, 2.05) is 55.1 Å². The van der Waals surface area contributed by atoms with Crippen LogP contribution in [-0.4, -0.2) is 35.9 Å². The highest BCUT2D eigenvalue weighted by Gasteiger charge is 2.34. The number of carbonyl (C=O) groups excluding carboxylic acids is 2. The molecule has 0 bridgehead atoms. The lowest BCUT2D eigenvalue weighted by Gasteiger charge is -2.37. The van der Waals surface area contributed by atoms with Crippen molar-refractivity contribution in [2.75, 3.05) is 13.1 Å². The fourth-order valence-electron chi connectivity index (χ4n) is 4.28. The SMILES string of the molecule is CCCNC(=O)[C@@H](C)Oc1ccc2c(c1)[C@@H](c1cccc(C)c1)N(C(=O)c1ccco1)CC2. The van der Waals surface area contributed by atoms with Gasteiger partial charge in [-0.3, -0.25) is 9.59 Å². The fraction of sp³-hybridized carbons (Fsp3) is 0.333. The summed E-state index contributed by atoms with van der Waals surface area (Å²) in [6, 6.07) is 17.3. The van der Waals surface area contributed by atoms with E-state index in [0.29, 0.717) is 24.6 Å². The zero-order valence-electron chi connectivity index (χ0n) is 19.3. The van der Waals surface area contributed by atoms with Gasteiger partial charge < -0.3 is 19.4 Å². The van der Waals surface area contributed by atoms with Gasteiger partial charge in [-0.05, 0) is 67.6 Å². The lowest BCUT2D eigenvalue weighted by Crippen LogP contribution is -2.40. The second-order valence-corrected chi connectivity index (χ2v) is 8.45. The second-order valence-electron chi connectivity index (χ2n) is 8.45. The van der Waals surface area contributed by atoms with Crippen LogP contribution in [0.25, 0.3) is 0 Å². The number of aryl methyl sites for hydroxylation is 1. The van der Waals surface area contributed by atoms with E-state index in [2.05, 4.69) is 11.4 Å². The summed E-state index contributed by atoms with van der Waals surface area (Å²) in [5, 5.41) is 2.87. The molecule has 0 unspecified atom stereocenters. The molecule has 0 radical (unpaired) electrons. The third-order valence-electron chi connectivity index (χ3n) is 5.93. The largest absolute Gasteiger partial charge is 0.481 e. The molecule has 0 fully saturated rings. The van der Waals surface area contributed by atoms with Crippen LogP contribution in [0.5, 0.6) is 5.75 Å². The predicted molar refractivity (Wildman–Crippen MR) is 126 cm³/mol. The number of nitrogens with zero attached hydrogens (tertiary/aromatic N) is 1. The number of hydrogen-bond acceptors (Lipinski definition) is 4. The number of amides is 2. The molecule has 1 N–H and O–H groups in total. The molecular weight excluding hydrogens is 416 g/mol. The Bertz CT molecular complexity index is 1120. The lowest BCUT2D eigenvalue weighted by molar-refractivity contribution is -0.127. The molecule has 1 aliphatic rings. The van der Waals surface area contributed by atoms with E-state index < -0.39 is 6.10 Å². The van der Waals surface area contributed by atoms with Crippen molar-refractivity contribution in [1.29, 1.82) is 0 Å². The molecule has 2 amide bonds. The Kier molecular flexibility index (Phi) is 6.82. The number of carbonyl (C=O) groups is 2. The number of fused-ring (bicyclic) bond motifs is 1. The molecule has 172 valence electrons. The summed E-state index contributed by atoms with van der Waals surface area (Å²) < 4.78 is 11.4. The maximum absolute atomic E-state index is 13.3. The quantitative estimate of drug-likeness (QED) is 0.573. The number of furan rings is 1. The highest BCUT2D eigenvalue weighted by atomic mass is 16.5. The third kappa shape index (κ3) is 4.95. The van der Waals surface area contributed by atoms with Gasteiger partial charge in [-0.2, -0.15) is 0 Å². The Morgan fingerprint density at radius 2 is 2.03 bits per heavy atom. The average Bonchev–Trinajstić information content (AvgIpc) is 3.36. The molecule has 2 atom stereocenters. The summed E-state index contributed by atoms with van der Waals surface area (Å²) in [7, 11) is 0. The maximum atomic E-state index is 13.3. The van der Waals surface area contributed by atoms with Gasteiger partial charge in [0.25, 0.3) is 11.8 Å². The van der Waals surface area contributed by atoms with E-state index in [1.165, 1.54) is 11.8 Å². The summed E-state index contributed by atoms with van der Waals surface area (Å²) in [4.78, 5) is 27.5. The first kappa shape index (κ1) is 22.6. The van der Waals surface area contributed by atoms with Crippen LogP contribution in [0.1, 0.15) is 59.1 Å². The van der Waals surface area contributed by atoms with Gasteiger partial charge >= 0.3 is 0 Å². The molecule has 0 saturated carbocycles. The van der Waals surface area contributed by atoms with E-state index in [-0.39, 0.29) is 17.9 Å². The van der Waals surface area contributed by atoms with E-state index in [1.54, 1.807) is 19.1 Å². The summed E-state index contributed by atoms with van der Waals surface area (Å²) in [6.45, 7) is 7.00. The van der Waals surface area contributed by atoms with Crippen molar-refractivity contribution in [2.24, 2.45) is 0 Å². The minimum Gasteiger partial charge on any atom is -0.481 e. The van der Waals surface area contributed by atoms with Crippen LogP contribution in [0.4, 0.5) is 0 Å². The smallest absolute Gasteiger partial charge is 0.290 e. The molecule has 0 aliphatic carbocycles. The van der Waals surface area contributed by atoms with Crippen LogP contribution in [-0.2, 0) is 11.2 Å². The monoisotopic (exact) mass is 446 g/mol. The zero-order valence-corrected chi connectivity index (χ0v) is 19.3. The van der Waals surface area contributed by atoms with Crippen molar-refractivity contribution < 1.29 is 18.7 Å². The Hall–Kier alpha value is -3.54. The van der Waals surface area contributed by atoms with Crippen LogP contribution in [0.3, 0.4) is 0 Å². The Labute approximate surface area is 194 Å². The highest BCUT2D eigenvalue weighted by molar-refractivity contribution is 5.92. The van der Waals surface area contributed by atoms with Crippen LogP contribution in [0.15, 0.2) is 65.3 Å². The maximum Gasteiger partial charge on any atom is 0.290 e. The number of rotatable bonds is 7. The van der Waals surface area contributed by atoms with E-state index in [4.69, 9.17) is 9.15 Å². The van der Waals surface area contributed by atoms with Crippen molar-refractivity contribution in [3.05, 3.63) is 88.9 Å². The van der Waals surface area contributed by atoms with Gasteiger partial charge in [-0.25, -0.2) is 0 Å². The Balaban J connectivity index is 1.69. The molecular formula is C27H30N2O4. The third-order valence-corrected chi connectivity index (χ3v) is 5.93. The van der Waals surface area contributed by atoms with Gasteiger partial charge in [0.1, 0.15) is 5.75 Å². The van der Waals surface area contributed by atoms with Crippen molar-refractivity contribution >= 4 is 11.8 Å². The molecule has 33 heavy (non-hydrogen) atoms. The molecule has 3 aromatic rings. The van der Waals surface area contributed by atoms with Gasteiger partial charge in [-0.15, -0.1) is 0 Å². The number of hydrogen-bond donors (Lipinski definition) is 1. The molecule has 6 nitrogen and oxygen atoms in total. The minimum atomic E-state index is -0.614. The first-order valence-corrected chi connectivity index (χ1v) is 11.5. The van der Waals surface area contributed by atoms with Crippen LogP contribution in [0.2, 0.25) is 0 Å². The van der Waals surface area contributed by atoms with E-state index in [9.17, 15) is 9.59 Å². The average molecular weight is 447 g/mol. The Morgan fingerprint density at radius 3 is 2.76 bits per heavy atom. The molecule has 0 spiro atoms. The van der Waals surface area contributed by atoms with Crippen molar-refractivity contribution in [3.8, 4) is 5.75 Å². The van der Waals surface area contributed by atoms with Crippen LogP contribution in [0, 0.1) is 6.92 Å². The van der Waals surface area contributed by atoms with E-state index in [0.717, 1.165) is 29.5 Å². The summed E-state index contributed by atoms with van der Waals surface area (Å²) in [5.74, 6) is 0.651. The number of nitrogens with one attached hydrogen (secondary N) is 1. The molecule has 6 heteroatoms. The summed E-state index contributed by atoms with van der Waals surface area (Å²) in [5.41, 5.74) is 4.33. The van der Waals surface area contributed by atoms with Gasteiger partial charge in [0.05, 0.1) is 12.3 Å². The van der Waals surface area contributed by atoms with E-state index >= 15 is 0 Å². The molecule has 1 aromatic heterocycles. The van der Waals surface area contributed by atoms with Crippen LogP contribution >= 0.6 is 0 Å². The second kappa shape index (κ2) is 9.94. The Morgan fingerprint density at radius 1 is 1.18 bits per heavy atom. The minimum absolute atomic E-state index is 0.139. The van der Waals surface area contributed by atoms with Crippen molar-refractivity contribution in [2.45, 2.75) is 45.8 Å². The predicted octanol–water partition coefficient (Wildman–Crippen LogP) is 4.67.